The number of hydrogen-bond acceptors (Lipinski definition) is 4. The van der Waals surface area contributed by atoms with E-state index in [0.717, 1.165) is 19.6 Å². The number of morpholine rings is 1. The number of halogens is 1. The van der Waals surface area contributed by atoms with Crippen LogP contribution in [0.15, 0.2) is 18.2 Å². The molecule has 1 unspecified atom stereocenters. The van der Waals surface area contributed by atoms with E-state index in [1.807, 2.05) is 0 Å². The first-order valence-corrected chi connectivity index (χ1v) is 6.98. The van der Waals surface area contributed by atoms with Gasteiger partial charge < -0.3 is 14.6 Å². The van der Waals surface area contributed by atoms with E-state index in [-0.39, 0.29) is 17.4 Å². The van der Waals surface area contributed by atoms with Gasteiger partial charge in [0.05, 0.1) is 11.6 Å². The number of carboxylic acid groups (broad SMARTS) is 1. The van der Waals surface area contributed by atoms with E-state index >= 15 is 0 Å². The largest absolute Gasteiger partial charge is 0.488 e. The maximum atomic E-state index is 11.1. The summed E-state index contributed by atoms with van der Waals surface area (Å²) < 4.78 is 11.2. The third-order valence-corrected chi connectivity index (χ3v) is 3.58. The fourth-order valence-corrected chi connectivity index (χ4v) is 2.40. The van der Waals surface area contributed by atoms with Gasteiger partial charge in [-0.15, -0.1) is 0 Å². The number of rotatable bonds is 5. The molecule has 0 spiro atoms. The smallest absolute Gasteiger partial charge is 0.339 e. The number of carbonyl (C=O) groups is 1. The van der Waals surface area contributed by atoms with E-state index in [2.05, 4.69) is 11.8 Å². The van der Waals surface area contributed by atoms with Crippen LogP contribution in [0.1, 0.15) is 17.3 Å². The quantitative estimate of drug-likeness (QED) is 0.902. The fourth-order valence-electron chi connectivity index (χ4n) is 2.17. The summed E-state index contributed by atoms with van der Waals surface area (Å²) in [7, 11) is 0. The van der Waals surface area contributed by atoms with E-state index in [1.54, 1.807) is 12.1 Å². The minimum Gasteiger partial charge on any atom is -0.488 e. The molecule has 0 saturated carbocycles. The van der Waals surface area contributed by atoms with Gasteiger partial charge in [0.1, 0.15) is 18.3 Å². The Labute approximate surface area is 123 Å². The molecule has 0 bridgehead atoms. The van der Waals surface area contributed by atoms with Crippen LogP contribution in [0.5, 0.6) is 5.75 Å². The molecule has 1 aromatic rings. The lowest BCUT2D eigenvalue weighted by molar-refractivity contribution is -0.0465. The number of para-hydroxylation sites is 1. The highest BCUT2D eigenvalue weighted by atomic mass is 35.5. The standard InChI is InChI=1S/C14H18ClNO4/c1-2-16-6-7-19-10(8-16)9-20-13-11(14(17)18)4-3-5-12(13)15/h3-5,10H,2,6-9H2,1H3,(H,17,18). The lowest BCUT2D eigenvalue weighted by Crippen LogP contribution is -2.44. The zero-order valence-corrected chi connectivity index (χ0v) is 12.1. The van der Waals surface area contributed by atoms with Gasteiger partial charge in [-0.1, -0.05) is 24.6 Å². The Morgan fingerprint density at radius 3 is 3.10 bits per heavy atom. The van der Waals surface area contributed by atoms with Crippen molar-refractivity contribution in [2.75, 3.05) is 32.8 Å². The Kier molecular flexibility index (Phi) is 5.23. The second kappa shape index (κ2) is 6.92. The summed E-state index contributed by atoms with van der Waals surface area (Å²) in [5.41, 5.74) is 0.0701. The first-order chi connectivity index (χ1) is 9.61. The topological polar surface area (TPSA) is 59.0 Å². The molecule has 6 heteroatoms. The van der Waals surface area contributed by atoms with E-state index in [9.17, 15) is 4.79 Å². The molecule has 1 atom stereocenters. The molecular weight excluding hydrogens is 282 g/mol. The summed E-state index contributed by atoms with van der Waals surface area (Å²) >= 11 is 6.01. The second-order valence-corrected chi connectivity index (χ2v) is 5.03. The van der Waals surface area contributed by atoms with Crippen LogP contribution in [-0.4, -0.2) is 54.9 Å². The van der Waals surface area contributed by atoms with Crippen LogP contribution in [0.4, 0.5) is 0 Å². The van der Waals surface area contributed by atoms with Crippen molar-refractivity contribution in [3.8, 4) is 5.75 Å². The number of benzene rings is 1. The Morgan fingerprint density at radius 1 is 1.60 bits per heavy atom. The normalized spacial score (nSPS) is 19.8. The average molecular weight is 300 g/mol. The van der Waals surface area contributed by atoms with Gasteiger partial charge >= 0.3 is 5.97 Å². The highest BCUT2D eigenvalue weighted by Crippen LogP contribution is 2.29. The van der Waals surface area contributed by atoms with Crippen molar-refractivity contribution in [3.63, 3.8) is 0 Å². The molecule has 2 rings (SSSR count). The van der Waals surface area contributed by atoms with Gasteiger partial charge in [0.25, 0.3) is 0 Å². The molecule has 5 nitrogen and oxygen atoms in total. The van der Waals surface area contributed by atoms with Gasteiger partial charge in [-0.25, -0.2) is 4.79 Å². The summed E-state index contributed by atoms with van der Waals surface area (Å²) in [5.74, 6) is -0.846. The van der Waals surface area contributed by atoms with E-state index in [1.165, 1.54) is 6.07 Å². The van der Waals surface area contributed by atoms with Gasteiger partial charge in [-0.05, 0) is 18.7 Å². The number of nitrogens with zero attached hydrogens (tertiary/aromatic N) is 1. The first kappa shape index (κ1) is 15.1. The zero-order valence-electron chi connectivity index (χ0n) is 11.3. The van der Waals surface area contributed by atoms with Gasteiger partial charge in [0.2, 0.25) is 0 Å². The summed E-state index contributed by atoms with van der Waals surface area (Å²) in [5, 5.41) is 9.43. The predicted molar refractivity (Wildman–Crippen MR) is 75.8 cm³/mol. The van der Waals surface area contributed by atoms with Crippen LogP contribution >= 0.6 is 11.6 Å². The second-order valence-electron chi connectivity index (χ2n) is 4.62. The van der Waals surface area contributed by atoms with Crippen molar-refractivity contribution < 1.29 is 19.4 Å². The van der Waals surface area contributed by atoms with Crippen molar-refractivity contribution in [2.45, 2.75) is 13.0 Å². The van der Waals surface area contributed by atoms with Crippen molar-refractivity contribution in [3.05, 3.63) is 28.8 Å². The third kappa shape index (κ3) is 3.62. The minimum absolute atomic E-state index is 0.0679. The Hall–Kier alpha value is -1.30. The van der Waals surface area contributed by atoms with Gasteiger partial charge in [0.15, 0.2) is 5.75 Å². The molecule has 1 N–H and O–H groups in total. The summed E-state index contributed by atoms with van der Waals surface area (Å²) in [4.78, 5) is 13.4. The SMILES string of the molecule is CCN1CCOC(COc2c(Cl)cccc2C(=O)O)C1. The van der Waals surface area contributed by atoms with Gasteiger partial charge in [-0.3, -0.25) is 4.90 Å². The van der Waals surface area contributed by atoms with E-state index < -0.39 is 5.97 Å². The average Bonchev–Trinajstić information content (AvgIpc) is 2.45. The van der Waals surface area contributed by atoms with Crippen molar-refractivity contribution in [1.82, 2.24) is 4.90 Å². The lowest BCUT2D eigenvalue weighted by Gasteiger charge is -2.32. The highest BCUT2D eigenvalue weighted by Gasteiger charge is 2.21. The lowest BCUT2D eigenvalue weighted by atomic mass is 10.2. The molecular formula is C14H18ClNO4. The van der Waals surface area contributed by atoms with E-state index in [4.69, 9.17) is 26.2 Å². The monoisotopic (exact) mass is 299 g/mol. The number of carboxylic acids is 1. The molecule has 1 fully saturated rings. The molecule has 1 aromatic carbocycles. The maximum absolute atomic E-state index is 11.1. The van der Waals surface area contributed by atoms with Gasteiger partial charge in [0, 0.05) is 13.1 Å². The van der Waals surface area contributed by atoms with Crippen molar-refractivity contribution >= 4 is 17.6 Å². The Balaban J connectivity index is 2.02. The van der Waals surface area contributed by atoms with Gasteiger partial charge in [-0.2, -0.15) is 0 Å². The summed E-state index contributed by atoms with van der Waals surface area (Å²) in [6.45, 7) is 5.71. The number of likely N-dealkylation sites (N-methyl/N-ethyl adjacent to an activating group) is 1. The molecule has 0 amide bonds. The van der Waals surface area contributed by atoms with Crippen LogP contribution in [0.25, 0.3) is 0 Å². The van der Waals surface area contributed by atoms with Crippen molar-refractivity contribution in [1.29, 1.82) is 0 Å². The molecule has 1 heterocycles. The van der Waals surface area contributed by atoms with Crippen molar-refractivity contribution in [2.24, 2.45) is 0 Å². The maximum Gasteiger partial charge on any atom is 0.339 e. The molecule has 110 valence electrons. The third-order valence-electron chi connectivity index (χ3n) is 3.28. The molecule has 20 heavy (non-hydrogen) atoms. The van der Waals surface area contributed by atoms with E-state index in [0.29, 0.717) is 18.2 Å². The highest BCUT2D eigenvalue weighted by molar-refractivity contribution is 6.32. The molecule has 0 aliphatic carbocycles. The number of hydrogen-bond donors (Lipinski definition) is 1. The predicted octanol–water partition coefficient (Wildman–Crippen LogP) is 2.14. The van der Waals surface area contributed by atoms with Crippen LogP contribution in [0.3, 0.4) is 0 Å². The zero-order chi connectivity index (χ0) is 14.5. The Bertz CT molecular complexity index is 480. The summed E-state index contributed by atoms with van der Waals surface area (Å²) in [6, 6.07) is 4.68. The molecule has 0 aromatic heterocycles. The molecule has 1 saturated heterocycles. The molecule has 0 radical (unpaired) electrons. The van der Waals surface area contributed by atoms with Crippen LogP contribution in [0, 0.1) is 0 Å². The number of aromatic carboxylic acids is 1. The molecule has 1 aliphatic heterocycles. The number of ether oxygens (including phenoxy) is 2. The Morgan fingerprint density at radius 2 is 2.40 bits per heavy atom. The van der Waals surface area contributed by atoms with Crippen LogP contribution in [0.2, 0.25) is 5.02 Å². The van der Waals surface area contributed by atoms with Crippen LogP contribution in [-0.2, 0) is 4.74 Å². The first-order valence-electron chi connectivity index (χ1n) is 6.60. The fraction of sp³-hybridized carbons (Fsp3) is 0.500. The molecule has 1 aliphatic rings. The minimum atomic E-state index is -1.05. The van der Waals surface area contributed by atoms with Crippen LogP contribution < -0.4 is 4.74 Å². The summed E-state index contributed by atoms with van der Waals surface area (Å²) in [6.07, 6.45) is -0.0679.